The van der Waals surface area contributed by atoms with Crippen LogP contribution in [0.3, 0.4) is 0 Å². The lowest BCUT2D eigenvalue weighted by molar-refractivity contribution is -0.138. The van der Waals surface area contributed by atoms with E-state index in [1.165, 1.54) is 18.2 Å². The van der Waals surface area contributed by atoms with Crippen LogP contribution in [-0.2, 0) is 11.2 Å². The Labute approximate surface area is 168 Å². The highest BCUT2D eigenvalue weighted by Gasteiger charge is 2.47. The molecule has 0 unspecified atom stereocenters. The monoisotopic (exact) mass is 383 g/mol. The molecule has 0 aromatic heterocycles. The number of aryl methyl sites for hydroxylation is 1. The normalized spacial score (nSPS) is 20.0. The fourth-order valence-corrected chi connectivity index (χ4v) is 4.43. The second-order valence-electron chi connectivity index (χ2n) is 7.96. The van der Waals surface area contributed by atoms with Gasteiger partial charge in [0.25, 0.3) is 0 Å². The van der Waals surface area contributed by atoms with E-state index in [9.17, 15) is 4.79 Å². The molecule has 1 spiro atoms. The number of piperidine rings is 1. The van der Waals surface area contributed by atoms with Gasteiger partial charge in [0.05, 0.1) is 5.41 Å². The van der Waals surface area contributed by atoms with Crippen molar-refractivity contribution in [3.8, 4) is 0 Å². The molecule has 0 bridgehead atoms. The van der Waals surface area contributed by atoms with Gasteiger partial charge in [-0.1, -0.05) is 42.5 Å². The largest absolute Gasteiger partial charge is 0.342 e. The van der Waals surface area contributed by atoms with Crippen molar-refractivity contribution in [3.05, 3.63) is 60.3 Å². The Bertz CT molecular complexity index is 664. The van der Waals surface area contributed by atoms with Gasteiger partial charge in [0, 0.05) is 19.3 Å². The molecule has 2 N–H and O–H groups in total. The molecule has 2 saturated heterocycles. The van der Waals surface area contributed by atoms with Crippen molar-refractivity contribution < 1.29 is 10.0 Å². The SMILES string of the molecule is O=C1N(CC/C=C\C=C/NO)CCC12CCN(CCCc1ccccc1)CC2. The van der Waals surface area contributed by atoms with Gasteiger partial charge in [-0.05, 0) is 69.8 Å². The summed E-state index contributed by atoms with van der Waals surface area (Å²) in [5, 5.41) is 8.46. The number of carbonyl (C=O) groups is 1. The van der Waals surface area contributed by atoms with Gasteiger partial charge < -0.3 is 9.80 Å². The summed E-state index contributed by atoms with van der Waals surface area (Å²) in [5.41, 5.74) is 3.28. The lowest BCUT2D eigenvalue weighted by Crippen LogP contribution is -2.45. The van der Waals surface area contributed by atoms with E-state index in [4.69, 9.17) is 5.21 Å². The second-order valence-corrected chi connectivity index (χ2v) is 7.96. The zero-order valence-electron chi connectivity index (χ0n) is 16.7. The van der Waals surface area contributed by atoms with Crippen LogP contribution in [0.1, 0.15) is 37.7 Å². The average Bonchev–Trinajstić information content (AvgIpc) is 3.03. The Morgan fingerprint density at radius 2 is 1.79 bits per heavy atom. The highest BCUT2D eigenvalue weighted by Crippen LogP contribution is 2.41. The van der Waals surface area contributed by atoms with Crippen molar-refractivity contribution in [2.24, 2.45) is 5.41 Å². The van der Waals surface area contributed by atoms with Crippen molar-refractivity contribution in [1.29, 1.82) is 0 Å². The molecule has 0 atom stereocenters. The van der Waals surface area contributed by atoms with E-state index >= 15 is 0 Å². The van der Waals surface area contributed by atoms with Crippen LogP contribution < -0.4 is 5.48 Å². The van der Waals surface area contributed by atoms with Gasteiger partial charge >= 0.3 is 0 Å². The van der Waals surface area contributed by atoms with E-state index < -0.39 is 0 Å². The number of nitrogens with zero attached hydrogens (tertiary/aromatic N) is 2. The standard InChI is InChI=1S/C23H33N3O2/c27-22-23(14-20-26(22)17-7-2-1-6-15-24-28)12-18-25(19-13-23)16-8-11-21-9-4-3-5-10-21/h1-6,9-10,15,24,28H,7-8,11-14,16-20H2/b2-1-,15-6-. The van der Waals surface area contributed by atoms with E-state index in [2.05, 4.69) is 35.2 Å². The van der Waals surface area contributed by atoms with Crippen LogP contribution in [-0.4, -0.2) is 53.6 Å². The van der Waals surface area contributed by atoms with Gasteiger partial charge in [0.1, 0.15) is 0 Å². The molecule has 2 fully saturated rings. The third-order valence-electron chi connectivity index (χ3n) is 6.18. The number of hydroxylamine groups is 1. The average molecular weight is 384 g/mol. The Balaban J connectivity index is 1.38. The van der Waals surface area contributed by atoms with Gasteiger partial charge in [-0.25, -0.2) is 0 Å². The minimum Gasteiger partial charge on any atom is -0.342 e. The molecule has 2 aliphatic heterocycles. The van der Waals surface area contributed by atoms with E-state index in [1.54, 1.807) is 6.08 Å². The molecule has 5 nitrogen and oxygen atoms in total. The first-order valence-electron chi connectivity index (χ1n) is 10.5. The lowest BCUT2D eigenvalue weighted by Gasteiger charge is -2.38. The third-order valence-corrected chi connectivity index (χ3v) is 6.18. The molecular formula is C23H33N3O2. The second kappa shape index (κ2) is 10.4. The summed E-state index contributed by atoms with van der Waals surface area (Å²) in [6.07, 6.45) is 13.3. The van der Waals surface area contributed by atoms with Crippen molar-refractivity contribution in [1.82, 2.24) is 15.3 Å². The lowest BCUT2D eigenvalue weighted by atomic mass is 9.77. The number of benzene rings is 1. The molecule has 1 amide bonds. The summed E-state index contributed by atoms with van der Waals surface area (Å²) in [4.78, 5) is 17.6. The van der Waals surface area contributed by atoms with E-state index in [-0.39, 0.29) is 5.41 Å². The van der Waals surface area contributed by atoms with Crippen LogP contribution >= 0.6 is 0 Å². The molecule has 0 aliphatic carbocycles. The fourth-order valence-electron chi connectivity index (χ4n) is 4.43. The first-order chi connectivity index (χ1) is 13.7. The zero-order chi connectivity index (χ0) is 19.7. The molecule has 0 saturated carbocycles. The Morgan fingerprint density at radius 1 is 1.04 bits per heavy atom. The summed E-state index contributed by atoms with van der Waals surface area (Å²) in [6.45, 7) is 4.91. The number of rotatable bonds is 9. The van der Waals surface area contributed by atoms with Gasteiger partial charge in [0.15, 0.2) is 0 Å². The van der Waals surface area contributed by atoms with Gasteiger partial charge in [-0.2, -0.15) is 0 Å². The number of nitrogens with one attached hydrogen (secondary N) is 1. The maximum Gasteiger partial charge on any atom is 0.228 e. The quantitative estimate of drug-likeness (QED) is 0.507. The molecule has 1 aromatic carbocycles. The number of likely N-dealkylation sites (tertiary alicyclic amines) is 2. The molecule has 152 valence electrons. The van der Waals surface area contributed by atoms with Crippen molar-refractivity contribution in [2.75, 3.05) is 32.7 Å². The van der Waals surface area contributed by atoms with Crippen LogP contribution in [0.4, 0.5) is 0 Å². The van der Waals surface area contributed by atoms with E-state index in [1.807, 2.05) is 22.5 Å². The van der Waals surface area contributed by atoms with Crippen LogP contribution in [0, 0.1) is 5.41 Å². The van der Waals surface area contributed by atoms with Crippen molar-refractivity contribution in [2.45, 2.75) is 38.5 Å². The Morgan fingerprint density at radius 3 is 2.54 bits per heavy atom. The minimum atomic E-state index is -0.0969. The first-order valence-corrected chi connectivity index (χ1v) is 10.5. The van der Waals surface area contributed by atoms with Gasteiger partial charge in [0.2, 0.25) is 5.91 Å². The number of hydrogen-bond acceptors (Lipinski definition) is 4. The highest BCUT2D eigenvalue weighted by atomic mass is 16.5. The third kappa shape index (κ3) is 5.46. The molecule has 3 rings (SSSR count). The molecule has 5 heteroatoms. The van der Waals surface area contributed by atoms with Crippen molar-refractivity contribution in [3.63, 3.8) is 0 Å². The van der Waals surface area contributed by atoms with Gasteiger partial charge in [-0.15, -0.1) is 0 Å². The van der Waals surface area contributed by atoms with Crippen LogP contribution in [0.15, 0.2) is 54.8 Å². The zero-order valence-corrected chi connectivity index (χ0v) is 16.7. The van der Waals surface area contributed by atoms with Crippen molar-refractivity contribution >= 4 is 5.91 Å². The topological polar surface area (TPSA) is 55.8 Å². The van der Waals surface area contributed by atoms with E-state index in [0.29, 0.717) is 5.91 Å². The number of hydrogen-bond donors (Lipinski definition) is 2. The fraction of sp³-hybridized carbons (Fsp3) is 0.522. The number of carbonyl (C=O) groups excluding carboxylic acids is 1. The summed E-state index contributed by atoms with van der Waals surface area (Å²) in [5.74, 6) is 0.373. The Hall–Kier alpha value is -2.11. The summed E-state index contributed by atoms with van der Waals surface area (Å²) < 4.78 is 0. The predicted octanol–water partition coefficient (Wildman–Crippen LogP) is 3.37. The minimum absolute atomic E-state index is 0.0969. The predicted molar refractivity (Wildman–Crippen MR) is 112 cm³/mol. The van der Waals surface area contributed by atoms with Crippen LogP contribution in [0.5, 0.6) is 0 Å². The molecule has 2 heterocycles. The smallest absolute Gasteiger partial charge is 0.228 e. The Kier molecular flexibility index (Phi) is 7.69. The first kappa shape index (κ1) is 20.6. The maximum atomic E-state index is 13.0. The van der Waals surface area contributed by atoms with Crippen LogP contribution in [0.2, 0.25) is 0 Å². The number of allylic oxidation sites excluding steroid dienone is 2. The number of amides is 1. The highest BCUT2D eigenvalue weighted by molar-refractivity contribution is 5.85. The van der Waals surface area contributed by atoms with Crippen LogP contribution in [0.25, 0.3) is 0 Å². The molecule has 0 radical (unpaired) electrons. The summed E-state index contributed by atoms with van der Waals surface area (Å²) >= 11 is 0. The summed E-state index contributed by atoms with van der Waals surface area (Å²) in [6, 6.07) is 10.7. The molecule has 2 aliphatic rings. The van der Waals surface area contributed by atoms with Gasteiger partial charge in [-0.3, -0.25) is 15.5 Å². The molecule has 1 aromatic rings. The van der Waals surface area contributed by atoms with E-state index in [0.717, 1.165) is 64.8 Å². The molecule has 28 heavy (non-hydrogen) atoms. The maximum absolute atomic E-state index is 13.0. The summed E-state index contributed by atoms with van der Waals surface area (Å²) in [7, 11) is 0. The molecular weight excluding hydrogens is 350 g/mol.